The van der Waals surface area contributed by atoms with Gasteiger partial charge in [-0.2, -0.15) is 0 Å². The normalized spacial score (nSPS) is 14.7. The van der Waals surface area contributed by atoms with Gasteiger partial charge in [-0.05, 0) is 60.2 Å². The van der Waals surface area contributed by atoms with E-state index in [-0.39, 0.29) is 11.5 Å². The lowest BCUT2D eigenvalue weighted by molar-refractivity contribution is 0.0951. The monoisotopic (exact) mass is 407 g/mol. The Morgan fingerprint density at radius 2 is 1.76 bits per heavy atom. The number of benzene rings is 2. The molecule has 0 unspecified atom stereocenters. The highest BCUT2D eigenvalue weighted by Gasteiger charge is 2.24. The maximum atomic E-state index is 12.8. The number of nitrogens with zero attached hydrogens (tertiary/aromatic N) is 3. The van der Waals surface area contributed by atoms with Gasteiger partial charge in [0.15, 0.2) is 5.78 Å². The summed E-state index contributed by atoms with van der Waals surface area (Å²) in [7, 11) is 0. The predicted molar refractivity (Wildman–Crippen MR) is 114 cm³/mol. The number of hydrogen-bond acceptors (Lipinski definition) is 5. The van der Waals surface area contributed by atoms with Gasteiger partial charge < -0.3 is 10.0 Å². The van der Waals surface area contributed by atoms with Crippen LogP contribution in [0.1, 0.15) is 29.6 Å². The summed E-state index contributed by atoms with van der Waals surface area (Å²) in [5.41, 5.74) is 2.12. The fourth-order valence-corrected chi connectivity index (χ4v) is 3.97. The van der Waals surface area contributed by atoms with Crippen molar-refractivity contribution in [3.63, 3.8) is 0 Å². The molecule has 1 N–H and O–H groups in total. The van der Waals surface area contributed by atoms with Crippen molar-refractivity contribution in [2.24, 2.45) is 5.92 Å². The molecule has 1 saturated heterocycles. The van der Waals surface area contributed by atoms with Crippen LogP contribution >= 0.6 is 11.6 Å². The maximum absolute atomic E-state index is 12.8. The zero-order valence-corrected chi connectivity index (χ0v) is 16.7. The largest absolute Gasteiger partial charge is 0.507 e. The molecule has 0 amide bonds. The Labute approximate surface area is 175 Å². The van der Waals surface area contributed by atoms with E-state index in [1.165, 1.54) is 0 Å². The topological polar surface area (TPSA) is 66.3 Å². The molecule has 3 aromatic rings. The summed E-state index contributed by atoms with van der Waals surface area (Å²) < 4.78 is 0. The average molecular weight is 408 g/mol. The molecule has 1 aromatic heterocycles. The Hall–Kier alpha value is -2.92. The summed E-state index contributed by atoms with van der Waals surface area (Å²) in [5, 5.41) is 11.1. The first kappa shape index (κ1) is 19.4. The molecule has 4 rings (SSSR count). The van der Waals surface area contributed by atoms with E-state index in [2.05, 4.69) is 14.9 Å². The molecule has 0 saturated carbocycles. The quantitative estimate of drug-likeness (QED) is 0.603. The molecule has 2 heterocycles. The fourth-order valence-electron chi connectivity index (χ4n) is 3.78. The number of phenols is 1. The Bertz CT molecular complexity index is 1000. The lowest BCUT2D eigenvalue weighted by atomic mass is 9.89. The van der Waals surface area contributed by atoms with Crippen LogP contribution in [0.4, 0.5) is 5.95 Å². The number of Topliss-reactive ketones (excluding diaryl/α,β-unsaturated/α-hetero) is 1. The van der Waals surface area contributed by atoms with Crippen LogP contribution in [0.3, 0.4) is 0 Å². The van der Waals surface area contributed by atoms with E-state index in [1.54, 1.807) is 36.7 Å². The number of carbonyl (C=O) groups is 1. The van der Waals surface area contributed by atoms with Gasteiger partial charge in [-0.15, -0.1) is 0 Å². The third kappa shape index (κ3) is 4.57. The number of aromatic nitrogens is 2. The summed E-state index contributed by atoms with van der Waals surface area (Å²) in [6.45, 7) is 1.67. The van der Waals surface area contributed by atoms with Crippen LogP contribution < -0.4 is 4.90 Å². The van der Waals surface area contributed by atoms with Crippen molar-refractivity contribution in [2.75, 3.05) is 18.0 Å². The van der Waals surface area contributed by atoms with E-state index < -0.39 is 0 Å². The summed E-state index contributed by atoms with van der Waals surface area (Å²) in [6, 6.07) is 14.4. The number of ketones is 1. The number of rotatable bonds is 5. The lowest BCUT2D eigenvalue weighted by Gasteiger charge is -2.31. The molecule has 0 spiro atoms. The first-order chi connectivity index (χ1) is 14.1. The number of piperidine rings is 1. The van der Waals surface area contributed by atoms with Crippen molar-refractivity contribution in [3.05, 3.63) is 71.5 Å². The van der Waals surface area contributed by atoms with Crippen molar-refractivity contribution in [1.29, 1.82) is 0 Å². The molecule has 1 aliphatic heterocycles. The van der Waals surface area contributed by atoms with Gasteiger partial charge in [-0.1, -0.05) is 29.8 Å². The van der Waals surface area contributed by atoms with Gasteiger partial charge in [0.2, 0.25) is 5.95 Å². The maximum Gasteiger partial charge on any atom is 0.225 e. The minimum atomic E-state index is -0.0189. The Balaban J connectivity index is 1.39. The third-order valence-electron chi connectivity index (χ3n) is 5.38. The van der Waals surface area contributed by atoms with Crippen LogP contribution in [0.5, 0.6) is 5.75 Å². The minimum Gasteiger partial charge on any atom is -0.507 e. The van der Waals surface area contributed by atoms with E-state index in [1.807, 2.05) is 24.3 Å². The van der Waals surface area contributed by atoms with Gasteiger partial charge in [0.05, 0.1) is 5.56 Å². The molecule has 0 aliphatic carbocycles. The summed E-state index contributed by atoms with van der Waals surface area (Å²) in [5.74, 6) is 1.04. The standard InChI is InChI=1S/C23H22ClN3O2/c24-19-4-1-3-17(14-19)18-5-6-20(22(29)15-18)21(28)13-16-7-11-27(12-8-16)23-25-9-2-10-26-23/h1-6,9-10,14-16,29H,7-8,11-13H2. The summed E-state index contributed by atoms with van der Waals surface area (Å²) in [4.78, 5) is 23.5. The number of phenolic OH excluding ortho intramolecular Hbond substituents is 1. The zero-order valence-electron chi connectivity index (χ0n) is 16.0. The number of carbonyl (C=O) groups excluding carboxylic acids is 1. The molecule has 0 bridgehead atoms. The highest BCUT2D eigenvalue weighted by atomic mass is 35.5. The van der Waals surface area contributed by atoms with Crippen LogP contribution in [0, 0.1) is 5.92 Å². The molecule has 2 aromatic carbocycles. The van der Waals surface area contributed by atoms with Crippen LogP contribution in [0.15, 0.2) is 60.9 Å². The number of hydrogen-bond donors (Lipinski definition) is 1. The van der Waals surface area contributed by atoms with Crippen molar-refractivity contribution < 1.29 is 9.90 Å². The molecule has 6 heteroatoms. The molecule has 148 valence electrons. The van der Waals surface area contributed by atoms with Gasteiger partial charge in [0.1, 0.15) is 5.75 Å². The smallest absolute Gasteiger partial charge is 0.225 e. The second kappa shape index (κ2) is 8.62. The molecule has 5 nitrogen and oxygen atoms in total. The predicted octanol–water partition coefficient (Wildman–Crippen LogP) is 4.99. The first-order valence-corrected chi connectivity index (χ1v) is 10.1. The number of aromatic hydroxyl groups is 1. The van der Waals surface area contributed by atoms with Crippen molar-refractivity contribution in [2.45, 2.75) is 19.3 Å². The second-order valence-corrected chi connectivity index (χ2v) is 7.79. The van der Waals surface area contributed by atoms with Gasteiger partial charge in [-0.3, -0.25) is 4.79 Å². The van der Waals surface area contributed by atoms with Crippen LogP contribution in [0.2, 0.25) is 5.02 Å². The molecular formula is C23H22ClN3O2. The molecule has 0 radical (unpaired) electrons. The van der Waals surface area contributed by atoms with E-state index in [4.69, 9.17) is 11.6 Å². The van der Waals surface area contributed by atoms with Crippen molar-refractivity contribution in [1.82, 2.24) is 9.97 Å². The minimum absolute atomic E-state index is 0.0163. The van der Waals surface area contributed by atoms with Crippen molar-refractivity contribution >= 4 is 23.3 Å². The van der Waals surface area contributed by atoms with Crippen LogP contribution in [0.25, 0.3) is 11.1 Å². The van der Waals surface area contributed by atoms with Gasteiger partial charge in [-0.25, -0.2) is 9.97 Å². The molecular weight excluding hydrogens is 386 g/mol. The Kier molecular flexibility index (Phi) is 5.76. The first-order valence-electron chi connectivity index (χ1n) is 9.74. The number of anilines is 1. The van der Waals surface area contributed by atoms with Crippen LogP contribution in [-0.2, 0) is 0 Å². The average Bonchev–Trinajstić information content (AvgIpc) is 2.75. The second-order valence-electron chi connectivity index (χ2n) is 7.35. The molecule has 1 aliphatic rings. The highest BCUT2D eigenvalue weighted by molar-refractivity contribution is 6.30. The van der Waals surface area contributed by atoms with Crippen LogP contribution in [-0.4, -0.2) is 33.9 Å². The Morgan fingerprint density at radius 3 is 2.45 bits per heavy atom. The summed E-state index contributed by atoms with van der Waals surface area (Å²) >= 11 is 6.05. The third-order valence-corrected chi connectivity index (χ3v) is 5.61. The zero-order chi connectivity index (χ0) is 20.2. The molecule has 0 atom stereocenters. The lowest BCUT2D eigenvalue weighted by Crippen LogP contribution is -2.35. The van der Waals surface area contributed by atoms with E-state index in [0.717, 1.165) is 43.0 Å². The van der Waals surface area contributed by atoms with Crippen molar-refractivity contribution in [3.8, 4) is 16.9 Å². The molecule has 1 fully saturated rings. The van der Waals surface area contributed by atoms with Gasteiger partial charge in [0.25, 0.3) is 0 Å². The van der Waals surface area contributed by atoms with E-state index in [9.17, 15) is 9.90 Å². The number of halogens is 1. The van der Waals surface area contributed by atoms with E-state index in [0.29, 0.717) is 22.9 Å². The Morgan fingerprint density at radius 1 is 1.03 bits per heavy atom. The van der Waals surface area contributed by atoms with Gasteiger partial charge in [0, 0.05) is 36.9 Å². The van der Waals surface area contributed by atoms with Gasteiger partial charge >= 0.3 is 0 Å². The highest BCUT2D eigenvalue weighted by Crippen LogP contribution is 2.31. The fraction of sp³-hybridized carbons (Fsp3) is 0.261. The SMILES string of the molecule is O=C(CC1CCN(c2ncccn2)CC1)c1ccc(-c2cccc(Cl)c2)cc1O. The summed E-state index contributed by atoms with van der Waals surface area (Å²) in [6.07, 6.45) is 5.74. The molecule has 29 heavy (non-hydrogen) atoms. The van der Waals surface area contributed by atoms with E-state index >= 15 is 0 Å².